The van der Waals surface area contributed by atoms with Crippen LogP contribution in [-0.4, -0.2) is 28.8 Å². The molecule has 3 aliphatic heterocycles. The van der Waals surface area contributed by atoms with Gasteiger partial charge in [0.2, 0.25) is 10.8 Å². The number of hydrogen-bond acceptors (Lipinski definition) is 5. The van der Waals surface area contributed by atoms with Crippen LogP contribution in [0.3, 0.4) is 0 Å². The fourth-order valence-electron chi connectivity index (χ4n) is 2.93. The number of nitrogens with one attached hydrogen (secondary N) is 2. The monoisotopic (exact) mass is 337 g/mol. The number of nitrogens with zero attached hydrogens (tertiary/aromatic N) is 1. The Morgan fingerprint density at radius 1 is 1.45 bits per heavy atom. The van der Waals surface area contributed by atoms with Crippen LogP contribution >= 0.6 is 23.4 Å². The highest BCUT2D eigenvalue weighted by molar-refractivity contribution is 8.01. The molecule has 1 spiro atoms. The number of amides is 2. The molecule has 3 aliphatic rings. The molecule has 2 N–H and O–H groups in total. The standard InChI is InChI=1S/C14H12ClN3O3S/c1-7-4-11-17-12(19)6-22-14(18(11)21-7)9-5-8(15)2-3-10(9)16-13(14)20/h2-5,11H,6H2,1H3,(H,16,20)(H,17,19). The summed E-state index contributed by atoms with van der Waals surface area (Å²) in [6, 6.07) is 5.22. The highest BCUT2D eigenvalue weighted by Crippen LogP contribution is 2.52. The van der Waals surface area contributed by atoms with E-state index in [1.807, 2.05) is 0 Å². The van der Waals surface area contributed by atoms with Crippen LogP contribution < -0.4 is 10.6 Å². The molecular weight excluding hydrogens is 326 g/mol. The van der Waals surface area contributed by atoms with Gasteiger partial charge in [-0.3, -0.25) is 9.59 Å². The van der Waals surface area contributed by atoms with E-state index in [1.54, 1.807) is 31.2 Å². The van der Waals surface area contributed by atoms with E-state index in [-0.39, 0.29) is 17.6 Å². The second-order valence-electron chi connectivity index (χ2n) is 5.28. The van der Waals surface area contributed by atoms with Crippen LogP contribution in [0.2, 0.25) is 5.02 Å². The average molecular weight is 338 g/mol. The summed E-state index contributed by atoms with van der Waals surface area (Å²) in [5, 5.41) is 7.76. The normalized spacial score (nSPS) is 30.1. The van der Waals surface area contributed by atoms with Crippen molar-refractivity contribution in [1.29, 1.82) is 0 Å². The molecule has 1 fully saturated rings. The van der Waals surface area contributed by atoms with Crippen molar-refractivity contribution < 1.29 is 14.4 Å². The quantitative estimate of drug-likeness (QED) is 0.755. The maximum Gasteiger partial charge on any atom is 0.263 e. The molecule has 2 amide bonds. The fourth-order valence-corrected chi connectivity index (χ4v) is 4.31. The van der Waals surface area contributed by atoms with Gasteiger partial charge in [-0.25, -0.2) is 0 Å². The molecule has 3 heterocycles. The minimum absolute atomic E-state index is 0.144. The summed E-state index contributed by atoms with van der Waals surface area (Å²) in [5.41, 5.74) is 1.39. The zero-order valence-corrected chi connectivity index (χ0v) is 13.1. The van der Waals surface area contributed by atoms with Crippen LogP contribution in [0.5, 0.6) is 0 Å². The molecule has 0 aliphatic carbocycles. The molecular formula is C14H12ClN3O3S. The number of benzene rings is 1. The average Bonchev–Trinajstić information content (AvgIpc) is 2.90. The molecule has 1 aromatic carbocycles. The SMILES string of the molecule is CC1=CC2NC(=O)CSC3(C(=O)Nc4ccc(Cl)cc43)N2O1. The van der Waals surface area contributed by atoms with Crippen molar-refractivity contribution in [2.75, 3.05) is 11.1 Å². The molecule has 0 bridgehead atoms. The molecule has 22 heavy (non-hydrogen) atoms. The van der Waals surface area contributed by atoms with Gasteiger partial charge in [0.05, 0.1) is 5.75 Å². The number of hydrogen-bond donors (Lipinski definition) is 2. The predicted octanol–water partition coefficient (Wildman–Crippen LogP) is 1.79. The smallest absolute Gasteiger partial charge is 0.263 e. The zero-order valence-electron chi connectivity index (χ0n) is 11.6. The molecule has 6 nitrogen and oxygen atoms in total. The lowest BCUT2D eigenvalue weighted by atomic mass is 10.1. The van der Waals surface area contributed by atoms with Crippen LogP contribution in [0.25, 0.3) is 0 Å². The Bertz CT molecular complexity index is 738. The van der Waals surface area contributed by atoms with Gasteiger partial charge in [-0.05, 0) is 31.2 Å². The lowest BCUT2D eigenvalue weighted by molar-refractivity contribution is -0.176. The van der Waals surface area contributed by atoms with Crippen LogP contribution in [-0.2, 0) is 19.3 Å². The van der Waals surface area contributed by atoms with Crippen LogP contribution in [0, 0.1) is 0 Å². The number of fused-ring (bicyclic) bond motifs is 4. The van der Waals surface area contributed by atoms with Crippen molar-refractivity contribution in [3.8, 4) is 0 Å². The number of hydroxylamine groups is 2. The minimum atomic E-state index is -1.14. The summed E-state index contributed by atoms with van der Waals surface area (Å²) in [6.07, 6.45) is 1.29. The number of allylic oxidation sites excluding steroid dienone is 1. The summed E-state index contributed by atoms with van der Waals surface area (Å²) in [7, 11) is 0. The van der Waals surface area contributed by atoms with E-state index < -0.39 is 11.0 Å². The number of thioether (sulfide) groups is 1. The van der Waals surface area contributed by atoms with Crippen molar-refractivity contribution in [2.24, 2.45) is 0 Å². The Morgan fingerprint density at radius 2 is 2.27 bits per heavy atom. The number of halogens is 1. The topological polar surface area (TPSA) is 70.7 Å². The first-order valence-corrected chi connectivity index (χ1v) is 8.07. The number of rotatable bonds is 0. The van der Waals surface area contributed by atoms with E-state index >= 15 is 0 Å². The highest BCUT2D eigenvalue weighted by Gasteiger charge is 2.58. The van der Waals surface area contributed by atoms with Crippen molar-refractivity contribution in [3.63, 3.8) is 0 Å². The van der Waals surface area contributed by atoms with Crippen LogP contribution in [0.15, 0.2) is 30.0 Å². The molecule has 1 aromatic rings. The zero-order chi connectivity index (χ0) is 15.5. The van der Waals surface area contributed by atoms with E-state index in [9.17, 15) is 9.59 Å². The molecule has 2 atom stereocenters. The molecule has 114 valence electrons. The molecule has 0 radical (unpaired) electrons. The molecule has 4 rings (SSSR count). The van der Waals surface area contributed by atoms with Gasteiger partial charge in [0, 0.05) is 16.3 Å². The predicted molar refractivity (Wildman–Crippen MR) is 82.8 cm³/mol. The van der Waals surface area contributed by atoms with Gasteiger partial charge < -0.3 is 15.5 Å². The summed E-state index contributed by atoms with van der Waals surface area (Å²) in [5.74, 6) is 0.410. The van der Waals surface area contributed by atoms with Gasteiger partial charge in [0.15, 0.2) is 0 Å². The first-order valence-electron chi connectivity index (χ1n) is 6.71. The molecule has 2 unspecified atom stereocenters. The van der Waals surface area contributed by atoms with Crippen molar-refractivity contribution in [3.05, 3.63) is 40.6 Å². The van der Waals surface area contributed by atoms with Crippen LogP contribution in [0.1, 0.15) is 12.5 Å². The highest BCUT2D eigenvalue weighted by atomic mass is 35.5. The molecule has 8 heteroatoms. The summed E-state index contributed by atoms with van der Waals surface area (Å²) in [6.45, 7) is 1.78. The maximum atomic E-state index is 12.8. The van der Waals surface area contributed by atoms with E-state index in [4.69, 9.17) is 16.4 Å². The van der Waals surface area contributed by atoms with E-state index in [1.165, 1.54) is 16.8 Å². The molecule has 0 aromatic heterocycles. The lowest BCUT2D eigenvalue weighted by Gasteiger charge is -2.35. The first-order chi connectivity index (χ1) is 10.5. The Labute approximate surface area is 135 Å². The second-order valence-corrected chi connectivity index (χ2v) is 6.89. The van der Waals surface area contributed by atoms with Crippen molar-refractivity contribution in [2.45, 2.75) is 18.0 Å². The maximum absolute atomic E-state index is 12.8. The van der Waals surface area contributed by atoms with E-state index in [2.05, 4.69) is 10.6 Å². The van der Waals surface area contributed by atoms with Gasteiger partial charge in [-0.2, -0.15) is 0 Å². The molecule has 1 saturated heterocycles. The third-order valence-electron chi connectivity index (χ3n) is 3.82. The largest absolute Gasteiger partial charge is 0.406 e. The Hall–Kier alpha value is -1.70. The van der Waals surface area contributed by atoms with Gasteiger partial charge in [-0.15, -0.1) is 11.8 Å². The van der Waals surface area contributed by atoms with Gasteiger partial charge in [0.25, 0.3) is 5.91 Å². The molecule has 0 saturated carbocycles. The number of carbonyl (C=O) groups excluding carboxylic acids is 2. The summed E-state index contributed by atoms with van der Waals surface area (Å²) >= 11 is 7.34. The number of carbonyl (C=O) groups is 2. The third kappa shape index (κ3) is 1.79. The first kappa shape index (κ1) is 13.9. The summed E-state index contributed by atoms with van der Waals surface area (Å²) < 4.78 is 0. The lowest BCUT2D eigenvalue weighted by Crippen LogP contribution is -2.53. The van der Waals surface area contributed by atoms with Crippen LogP contribution in [0.4, 0.5) is 5.69 Å². The van der Waals surface area contributed by atoms with E-state index in [0.29, 0.717) is 22.0 Å². The van der Waals surface area contributed by atoms with Crippen molar-refractivity contribution in [1.82, 2.24) is 10.4 Å². The van der Waals surface area contributed by atoms with E-state index in [0.717, 1.165) is 0 Å². The Kier molecular flexibility index (Phi) is 2.94. The second kappa shape index (κ2) is 4.65. The summed E-state index contributed by atoms with van der Waals surface area (Å²) in [4.78, 5) is 29.3. The fraction of sp³-hybridized carbons (Fsp3) is 0.286. The van der Waals surface area contributed by atoms with Gasteiger partial charge in [0.1, 0.15) is 11.9 Å². The third-order valence-corrected chi connectivity index (χ3v) is 5.47. The Morgan fingerprint density at radius 3 is 3.09 bits per heavy atom. The van der Waals surface area contributed by atoms with Gasteiger partial charge in [-0.1, -0.05) is 16.7 Å². The van der Waals surface area contributed by atoms with Crippen molar-refractivity contribution >= 4 is 40.9 Å². The minimum Gasteiger partial charge on any atom is -0.406 e. The Balaban J connectivity index is 1.91. The number of anilines is 1. The van der Waals surface area contributed by atoms with Gasteiger partial charge >= 0.3 is 0 Å².